The maximum Gasteiger partial charge on any atom is 0.00938 e. The highest BCUT2D eigenvalue weighted by molar-refractivity contribution is 5.32. The maximum absolute atomic E-state index is 2.63. The minimum Gasteiger partial charge on any atom is -0.0877 e. The van der Waals surface area contributed by atoms with Crippen molar-refractivity contribution in [1.82, 2.24) is 0 Å². The molecule has 0 aromatic carbocycles. The summed E-state index contributed by atoms with van der Waals surface area (Å²) in [6.45, 7) is 7.41. The first-order valence-corrected chi connectivity index (χ1v) is 8.59. The van der Waals surface area contributed by atoms with Crippen molar-refractivity contribution in [2.75, 3.05) is 0 Å². The minimum atomic E-state index is 0.374. The monoisotopic (exact) mass is 268 g/mol. The molecule has 0 spiro atoms. The third-order valence-electron chi connectivity index (χ3n) is 7.17. The normalized spacial score (nSPS) is 53.0. The fourth-order valence-corrected chi connectivity index (χ4v) is 5.89. The van der Waals surface area contributed by atoms with Crippen molar-refractivity contribution >= 4 is 0 Å². The summed E-state index contributed by atoms with van der Waals surface area (Å²) in [5, 5.41) is 0. The molecule has 4 aliphatic rings. The summed E-state index contributed by atoms with van der Waals surface area (Å²) in [6.07, 6.45) is 19.5. The van der Waals surface area contributed by atoms with E-state index in [0.717, 1.165) is 23.7 Å². The summed E-state index contributed by atoms with van der Waals surface area (Å²) < 4.78 is 0. The van der Waals surface area contributed by atoms with Gasteiger partial charge in [-0.05, 0) is 61.2 Å². The van der Waals surface area contributed by atoms with E-state index in [2.05, 4.69) is 51.2 Å². The quantitative estimate of drug-likeness (QED) is 0.507. The molecule has 6 atom stereocenters. The molecule has 0 heterocycles. The Morgan fingerprint density at radius 2 is 1.95 bits per heavy atom. The first kappa shape index (κ1) is 12.9. The van der Waals surface area contributed by atoms with E-state index in [1.807, 2.05) is 0 Å². The SMILES string of the molecule is CC1C=C[C@@]2(C)C(=CC[C@H]3[C@@H]4CC=C[C@@]4(C)CC[C@@H]32)C1. The summed E-state index contributed by atoms with van der Waals surface area (Å²) in [7, 11) is 0. The van der Waals surface area contributed by atoms with Crippen molar-refractivity contribution < 1.29 is 0 Å². The molecule has 0 heteroatoms. The molecule has 0 N–H and O–H groups in total. The molecule has 0 aromatic rings. The van der Waals surface area contributed by atoms with Gasteiger partial charge in [0.1, 0.15) is 0 Å². The van der Waals surface area contributed by atoms with E-state index >= 15 is 0 Å². The second-order valence-electron chi connectivity index (χ2n) is 8.35. The van der Waals surface area contributed by atoms with Crippen LogP contribution in [0.25, 0.3) is 0 Å². The molecule has 4 aliphatic carbocycles. The van der Waals surface area contributed by atoms with E-state index < -0.39 is 0 Å². The second kappa shape index (κ2) is 4.12. The number of rotatable bonds is 0. The molecule has 4 rings (SSSR count). The van der Waals surface area contributed by atoms with E-state index in [9.17, 15) is 0 Å². The summed E-state index contributed by atoms with van der Waals surface area (Å²) in [5.74, 6) is 3.45. The fourth-order valence-electron chi connectivity index (χ4n) is 5.89. The summed E-state index contributed by atoms with van der Waals surface area (Å²) >= 11 is 0. The first-order chi connectivity index (χ1) is 9.53. The molecule has 0 saturated heterocycles. The minimum absolute atomic E-state index is 0.374. The lowest BCUT2D eigenvalue weighted by molar-refractivity contribution is 0.0114. The standard InChI is InChI=1S/C20H28/c1-14-8-12-20(3)15(13-14)6-7-16-17-5-4-10-19(17,2)11-9-18(16)20/h4,6,8,10,12,14,16-18H,5,7,9,11,13H2,1-3H3/t14?,16-,17-,18-,19-,20-/m0/s1. The molecule has 0 bridgehead atoms. The highest BCUT2D eigenvalue weighted by atomic mass is 14.6. The molecule has 0 amide bonds. The molecule has 0 aliphatic heterocycles. The Bertz CT molecular complexity index is 508. The molecular weight excluding hydrogens is 240 g/mol. The van der Waals surface area contributed by atoms with Crippen molar-refractivity contribution in [1.29, 1.82) is 0 Å². The van der Waals surface area contributed by atoms with Crippen LogP contribution in [0.1, 0.15) is 52.9 Å². The molecule has 20 heavy (non-hydrogen) atoms. The zero-order valence-corrected chi connectivity index (χ0v) is 13.2. The highest BCUT2D eigenvalue weighted by Crippen LogP contribution is 2.62. The largest absolute Gasteiger partial charge is 0.0877 e. The topological polar surface area (TPSA) is 0 Å². The third kappa shape index (κ3) is 1.60. The number of allylic oxidation sites excluding steroid dienone is 6. The van der Waals surface area contributed by atoms with Crippen LogP contribution in [0.15, 0.2) is 36.0 Å². The maximum atomic E-state index is 2.63. The van der Waals surface area contributed by atoms with E-state index in [4.69, 9.17) is 0 Å². The second-order valence-corrected chi connectivity index (χ2v) is 8.35. The van der Waals surface area contributed by atoms with Crippen molar-refractivity contribution in [2.45, 2.75) is 52.9 Å². The summed E-state index contributed by atoms with van der Waals surface area (Å²) in [6, 6.07) is 0. The van der Waals surface area contributed by atoms with Crippen LogP contribution in [0.4, 0.5) is 0 Å². The molecule has 108 valence electrons. The van der Waals surface area contributed by atoms with Gasteiger partial charge in [0.25, 0.3) is 0 Å². The van der Waals surface area contributed by atoms with Gasteiger partial charge in [0.05, 0.1) is 0 Å². The van der Waals surface area contributed by atoms with Crippen molar-refractivity contribution in [3.05, 3.63) is 36.0 Å². The number of hydrogen-bond donors (Lipinski definition) is 0. The smallest absolute Gasteiger partial charge is 0.00938 e. The van der Waals surface area contributed by atoms with E-state index in [-0.39, 0.29) is 0 Å². The molecular formula is C20H28. The van der Waals surface area contributed by atoms with Crippen LogP contribution in [0, 0.1) is 34.5 Å². The van der Waals surface area contributed by atoms with Crippen LogP contribution in [0.2, 0.25) is 0 Å². The zero-order valence-electron chi connectivity index (χ0n) is 13.2. The Kier molecular flexibility index (Phi) is 2.66. The van der Waals surface area contributed by atoms with Gasteiger partial charge >= 0.3 is 0 Å². The first-order valence-electron chi connectivity index (χ1n) is 8.59. The summed E-state index contributed by atoms with van der Waals surface area (Å²) in [5.41, 5.74) is 2.64. The molecule has 1 fully saturated rings. The van der Waals surface area contributed by atoms with Gasteiger partial charge in [-0.3, -0.25) is 0 Å². The Hall–Kier alpha value is -0.780. The predicted molar refractivity (Wildman–Crippen MR) is 85.3 cm³/mol. The van der Waals surface area contributed by atoms with Gasteiger partial charge in [-0.25, -0.2) is 0 Å². The molecule has 0 radical (unpaired) electrons. The van der Waals surface area contributed by atoms with Gasteiger partial charge in [-0.15, -0.1) is 0 Å². The van der Waals surface area contributed by atoms with Gasteiger partial charge in [0.15, 0.2) is 0 Å². The summed E-state index contributed by atoms with van der Waals surface area (Å²) in [4.78, 5) is 0. The fraction of sp³-hybridized carbons (Fsp3) is 0.700. The Labute approximate surface area is 124 Å². The number of hydrogen-bond acceptors (Lipinski definition) is 0. The van der Waals surface area contributed by atoms with Gasteiger partial charge in [-0.1, -0.05) is 56.7 Å². The Balaban J connectivity index is 1.72. The van der Waals surface area contributed by atoms with Crippen LogP contribution in [0.5, 0.6) is 0 Å². The average molecular weight is 268 g/mol. The van der Waals surface area contributed by atoms with E-state index in [1.165, 1.54) is 32.1 Å². The van der Waals surface area contributed by atoms with Crippen molar-refractivity contribution in [3.63, 3.8) is 0 Å². The predicted octanol–water partition coefficient (Wildman–Crippen LogP) is 5.53. The molecule has 1 saturated carbocycles. The van der Waals surface area contributed by atoms with Crippen LogP contribution < -0.4 is 0 Å². The molecule has 1 unspecified atom stereocenters. The average Bonchev–Trinajstić information content (AvgIpc) is 2.81. The van der Waals surface area contributed by atoms with Crippen molar-refractivity contribution in [2.24, 2.45) is 34.5 Å². The van der Waals surface area contributed by atoms with Crippen LogP contribution >= 0.6 is 0 Å². The lowest BCUT2D eigenvalue weighted by Gasteiger charge is -2.55. The van der Waals surface area contributed by atoms with Gasteiger partial charge in [0, 0.05) is 5.41 Å². The zero-order chi connectivity index (χ0) is 14.0. The lowest BCUT2D eigenvalue weighted by Crippen LogP contribution is -2.47. The van der Waals surface area contributed by atoms with E-state index in [1.54, 1.807) is 5.57 Å². The van der Waals surface area contributed by atoms with Gasteiger partial charge in [0.2, 0.25) is 0 Å². The van der Waals surface area contributed by atoms with E-state index in [0.29, 0.717) is 10.8 Å². The molecule has 0 aromatic heterocycles. The van der Waals surface area contributed by atoms with Crippen LogP contribution in [0.3, 0.4) is 0 Å². The van der Waals surface area contributed by atoms with Gasteiger partial charge < -0.3 is 0 Å². The third-order valence-corrected chi connectivity index (χ3v) is 7.17. The van der Waals surface area contributed by atoms with Gasteiger partial charge in [-0.2, -0.15) is 0 Å². The molecule has 0 nitrogen and oxygen atoms in total. The van der Waals surface area contributed by atoms with Crippen LogP contribution in [-0.4, -0.2) is 0 Å². The number of fused-ring (bicyclic) bond motifs is 5. The van der Waals surface area contributed by atoms with Crippen LogP contribution in [-0.2, 0) is 0 Å². The Morgan fingerprint density at radius 3 is 2.80 bits per heavy atom. The Morgan fingerprint density at radius 1 is 1.10 bits per heavy atom. The lowest BCUT2D eigenvalue weighted by atomic mass is 9.49. The highest BCUT2D eigenvalue weighted by Gasteiger charge is 2.53. The van der Waals surface area contributed by atoms with Crippen molar-refractivity contribution in [3.8, 4) is 0 Å².